The van der Waals surface area contributed by atoms with Gasteiger partial charge >= 0.3 is 5.97 Å². The first-order chi connectivity index (χ1) is 13.4. The highest BCUT2D eigenvalue weighted by molar-refractivity contribution is 7.89. The molecule has 28 heavy (non-hydrogen) atoms. The Morgan fingerprint density at radius 2 is 1.93 bits per heavy atom. The number of benzene rings is 1. The number of aryl methyl sites for hydroxylation is 1. The third kappa shape index (κ3) is 5.98. The van der Waals surface area contributed by atoms with Gasteiger partial charge in [0.2, 0.25) is 10.0 Å². The summed E-state index contributed by atoms with van der Waals surface area (Å²) in [6.07, 6.45) is 1.42. The summed E-state index contributed by atoms with van der Waals surface area (Å²) < 4.78 is 36.6. The van der Waals surface area contributed by atoms with Gasteiger partial charge in [-0.25, -0.2) is 27.9 Å². The Bertz CT molecular complexity index is 901. The summed E-state index contributed by atoms with van der Waals surface area (Å²) >= 11 is 0. The number of nitrogens with zero attached hydrogens (tertiary/aromatic N) is 2. The highest BCUT2D eigenvalue weighted by atomic mass is 32.2. The van der Waals surface area contributed by atoms with E-state index in [1.54, 1.807) is 26.0 Å². The Morgan fingerprint density at radius 1 is 1.21 bits per heavy atom. The van der Waals surface area contributed by atoms with E-state index in [4.69, 9.17) is 9.47 Å². The molecule has 0 aliphatic heterocycles. The predicted octanol–water partition coefficient (Wildman–Crippen LogP) is 1.50. The molecule has 0 unspecified atom stereocenters. The van der Waals surface area contributed by atoms with Crippen molar-refractivity contribution in [2.24, 2.45) is 0 Å². The van der Waals surface area contributed by atoms with Crippen molar-refractivity contribution in [2.75, 3.05) is 32.2 Å². The molecule has 2 rings (SSSR count). The Balaban J connectivity index is 2.08. The number of rotatable bonds is 10. The van der Waals surface area contributed by atoms with Gasteiger partial charge in [-0.1, -0.05) is 12.1 Å². The molecule has 0 atom stereocenters. The quantitative estimate of drug-likeness (QED) is 0.448. The summed E-state index contributed by atoms with van der Waals surface area (Å²) in [5.74, 6) is 0.372. The van der Waals surface area contributed by atoms with E-state index >= 15 is 0 Å². The number of ether oxygens (including phenoxy) is 2. The number of esters is 1. The molecule has 0 fully saturated rings. The number of aromatic nitrogens is 2. The number of carbonyl (C=O) groups is 1. The van der Waals surface area contributed by atoms with Crippen LogP contribution in [-0.2, 0) is 26.0 Å². The monoisotopic (exact) mass is 408 g/mol. The number of carbonyl (C=O) groups excluding carboxylic acids is 1. The van der Waals surface area contributed by atoms with Gasteiger partial charge < -0.3 is 14.8 Å². The number of anilines is 1. The highest BCUT2D eigenvalue weighted by Crippen LogP contribution is 2.16. The maximum Gasteiger partial charge on any atom is 0.343 e. The fourth-order valence-electron chi connectivity index (χ4n) is 2.30. The van der Waals surface area contributed by atoms with Crippen LogP contribution in [0, 0.1) is 6.92 Å². The molecular weight excluding hydrogens is 384 g/mol. The standard InChI is InChI=1S/C18H24N4O5S/c1-4-27-18(23)16-12-19-13(2)22-17(16)20-11-14-5-7-15(8-6-14)28(24,25)21-9-10-26-3/h5-8,12,21H,4,9-11H2,1-3H3,(H,19,20,22). The summed E-state index contributed by atoms with van der Waals surface area (Å²) in [7, 11) is -2.08. The van der Waals surface area contributed by atoms with Crippen LogP contribution in [0.2, 0.25) is 0 Å². The molecule has 1 aromatic heterocycles. The zero-order valence-electron chi connectivity index (χ0n) is 16.1. The van der Waals surface area contributed by atoms with E-state index < -0.39 is 16.0 Å². The van der Waals surface area contributed by atoms with E-state index in [1.807, 2.05) is 0 Å². The lowest BCUT2D eigenvalue weighted by Gasteiger charge is -2.11. The lowest BCUT2D eigenvalue weighted by molar-refractivity contribution is 0.0526. The zero-order chi connectivity index (χ0) is 20.6. The van der Waals surface area contributed by atoms with Crippen LogP contribution in [0.5, 0.6) is 0 Å². The highest BCUT2D eigenvalue weighted by Gasteiger charge is 2.16. The average Bonchev–Trinajstić information content (AvgIpc) is 2.67. The van der Waals surface area contributed by atoms with Crippen molar-refractivity contribution >= 4 is 21.8 Å². The minimum Gasteiger partial charge on any atom is -0.462 e. The number of sulfonamides is 1. The first kappa shape index (κ1) is 21.7. The van der Waals surface area contributed by atoms with Gasteiger partial charge in [0.05, 0.1) is 18.1 Å². The van der Waals surface area contributed by atoms with Gasteiger partial charge in [0.1, 0.15) is 17.2 Å². The second-order valence-corrected chi connectivity index (χ2v) is 7.55. The van der Waals surface area contributed by atoms with Crippen molar-refractivity contribution in [1.82, 2.24) is 14.7 Å². The largest absolute Gasteiger partial charge is 0.462 e. The lowest BCUT2D eigenvalue weighted by atomic mass is 10.2. The summed E-state index contributed by atoms with van der Waals surface area (Å²) in [5, 5.41) is 3.08. The molecule has 10 heteroatoms. The Morgan fingerprint density at radius 3 is 2.57 bits per heavy atom. The van der Waals surface area contributed by atoms with E-state index in [0.717, 1.165) is 5.56 Å². The topological polar surface area (TPSA) is 120 Å². The van der Waals surface area contributed by atoms with Crippen molar-refractivity contribution in [2.45, 2.75) is 25.3 Å². The van der Waals surface area contributed by atoms with Gasteiger partial charge in [0.15, 0.2) is 0 Å². The average molecular weight is 408 g/mol. The second kappa shape index (κ2) is 10.1. The normalized spacial score (nSPS) is 11.2. The number of methoxy groups -OCH3 is 1. The van der Waals surface area contributed by atoms with Crippen molar-refractivity contribution < 1.29 is 22.7 Å². The molecule has 0 aliphatic carbocycles. The summed E-state index contributed by atoms with van der Waals surface area (Å²) in [4.78, 5) is 20.5. The van der Waals surface area contributed by atoms with Crippen molar-refractivity contribution in [3.63, 3.8) is 0 Å². The third-order valence-corrected chi connectivity index (χ3v) is 5.17. The summed E-state index contributed by atoms with van der Waals surface area (Å²) in [5.41, 5.74) is 1.07. The molecule has 0 saturated carbocycles. The van der Waals surface area contributed by atoms with Crippen LogP contribution < -0.4 is 10.0 Å². The number of hydrogen-bond donors (Lipinski definition) is 2. The van der Waals surface area contributed by atoms with E-state index in [1.165, 1.54) is 25.4 Å². The fraction of sp³-hybridized carbons (Fsp3) is 0.389. The van der Waals surface area contributed by atoms with Crippen LogP contribution in [0.1, 0.15) is 28.7 Å². The van der Waals surface area contributed by atoms with Gasteiger partial charge in [0, 0.05) is 26.4 Å². The number of nitrogens with one attached hydrogen (secondary N) is 2. The van der Waals surface area contributed by atoms with Gasteiger partial charge in [-0.3, -0.25) is 0 Å². The van der Waals surface area contributed by atoms with Crippen molar-refractivity contribution in [1.29, 1.82) is 0 Å². The molecule has 2 aromatic rings. The summed E-state index contributed by atoms with van der Waals surface area (Å²) in [6, 6.07) is 6.42. The smallest absolute Gasteiger partial charge is 0.343 e. The van der Waals surface area contributed by atoms with Gasteiger partial charge in [-0.15, -0.1) is 0 Å². The molecule has 1 aromatic carbocycles. The van der Waals surface area contributed by atoms with E-state index in [9.17, 15) is 13.2 Å². The molecule has 0 aliphatic rings. The maximum atomic E-state index is 12.2. The molecule has 0 saturated heterocycles. The van der Waals surface area contributed by atoms with E-state index in [-0.39, 0.29) is 23.6 Å². The molecule has 1 heterocycles. The van der Waals surface area contributed by atoms with Crippen molar-refractivity contribution in [3.05, 3.63) is 47.4 Å². The zero-order valence-corrected chi connectivity index (χ0v) is 16.9. The molecule has 9 nitrogen and oxygen atoms in total. The third-order valence-electron chi connectivity index (χ3n) is 3.70. The van der Waals surface area contributed by atoms with Crippen molar-refractivity contribution in [3.8, 4) is 0 Å². The summed E-state index contributed by atoms with van der Waals surface area (Å²) in [6.45, 7) is 4.53. The first-order valence-corrected chi connectivity index (χ1v) is 10.2. The maximum absolute atomic E-state index is 12.2. The van der Waals surface area contributed by atoms with Gasteiger partial charge in [-0.2, -0.15) is 0 Å². The molecule has 0 spiro atoms. The van der Waals surface area contributed by atoms with Crippen LogP contribution >= 0.6 is 0 Å². The number of hydrogen-bond acceptors (Lipinski definition) is 8. The van der Waals surface area contributed by atoms with Crippen LogP contribution in [-0.4, -0.2) is 51.2 Å². The van der Waals surface area contributed by atoms with E-state index in [0.29, 0.717) is 24.8 Å². The van der Waals surface area contributed by atoms with Crippen LogP contribution in [0.15, 0.2) is 35.4 Å². The van der Waals surface area contributed by atoms with Gasteiger partial charge in [-0.05, 0) is 31.5 Å². The van der Waals surface area contributed by atoms with E-state index in [2.05, 4.69) is 20.0 Å². The van der Waals surface area contributed by atoms with Crippen LogP contribution in [0.4, 0.5) is 5.82 Å². The first-order valence-electron chi connectivity index (χ1n) is 8.69. The Labute approximate surface area is 164 Å². The molecule has 0 radical (unpaired) electrons. The minimum absolute atomic E-state index is 0.164. The fourth-order valence-corrected chi connectivity index (χ4v) is 3.31. The lowest BCUT2D eigenvalue weighted by Crippen LogP contribution is -2.27. The molecule has 2 N–H and O–H groups in total. The minimum atomic E-state index is -3.58. The second-order valence-electron chi connectivity index (χ2n) is 5.79. The predicted molar refractivity (Wildman–Crippen MR) is 104 cm³/mol. The Kier molecular flexibility index (Phi) is 7.85. The van der Waals surface area contributed by atoms with Crippen LogP contribution in [0.25, 0.3) is 0 Å². The molecule has 0 amide bonds. The molecular formula is C18H24N4O5S. The molecule has 152 valence electrons. The van der Waals surface area contributed by atoms with Crippen LogP contribution in [0.3, 0.4) is 0 Å². The Hall–Kier alpha value is -2.56. The molecule has 0 bridgehead atoms. The SMILES string of the molecule is CCOC(=O)c1cnc(C)nc1NCc1ccc(S(=O)(=O)NCCOC)cc1. The van der Waals surface area contributed by atoms with Gasteiger partial charge in [0.25, 0.3) is 0 Å².